The van der Waals surface area contributed by atoms with Crippen LogP contribution in [0.1, 0.15) is 46.1 Å². The highest BCUT2D eigenvalue weighted by molar-refractivity contribution is 7.17. The average molecular weight is 401 g/mol. The van der Waals surface area contributed by atoms with Crippen molar-refractivity contribution in [3.8, 4) is 0 Å². The molecule has 0 saturated carbocycles. The molecule has 2 aromatic heterocycles. The van der Waals surface area contributed by atoms with Crippen molar-refractivity contribution in [3.63, 3.8) is 0 Å². The van der Waals surface area contributed by atoms with Gasteiger partial charge in [0.25, 0.3) is 5.91 Å². The normalized spacial score (nSPS) is 15.9. The second kappa shape index (κ2) is 7.88. The molecule has 0 bridgehead atoms. The van der Waals surface area contributed by atoms with Crippen LogP contribution in [0.3, 0.4) is 0 Å². The molecular formula is C25H24N2OS. The number of hydrogen-bond acceptors (Lipinski definition) is 2. The number of carbonyl (C=O) groups is 1. The summed E-state index contributed by atoms with van der Waals surface area (Å²) < 4.78 is 3.36. The lowest BCUT2D eigenvalue weighted by Gasteiger charge is -2.26. The van der Waals surface area contributed by atoms with Crippen molar-refractivity contribution < 1.29 is 4.79 Å². The van der Waals surface area contributed by atoms with Gasteiger partial charge in [-0.05, 0) is 59.9 Å². The molecule has 4 heteroatoms. The van der Waals surface area contributed by atoms with Crippen LogP contribution in [0.25, 0.3) is 10.2 Å². The summed E-state index contributed by atoms with van der Waals surface area (Å²) in [7, 11) is 0. The predicted molar refractivity (Wildman–Crippen MR) is 120 cm³/mol. The largest absolute Gasteiger partial charge is 0.344 e. The van der Waals surface area contributed by atoms with Gasteiger partial charge in [-0.2, -0.15) is 0 Å². The Hall–Kier alpha value is -2.85. The number of benzene rings is 2. The third kappa shape index (κ3) is 3.60. The zero-order chi connectivity index (χ0) is 19.6. The number of amides is 1. The molecule has 0 spiro atoms. The Kier molecular flexibility index (Phi) is 4.94. The van der Waals surface area contributed by atoms with E-state index < -0.39 is 0 Å². The second-order valence-corrected chi connectivity index (χ2v) is 8.65. The molecule has 1 unspecified atom stereocenters. The number of aromatic nitrogens is 1. The molecule has 29 heavy (non-hydrogen) atoms. The van der Waals surface area contributed by atoms with Crippen LogP contribution in [0.4, 0.5) is 0 Å². The number of nitrogens with zero attached hydrogens (tertiary/aromatic N) is 1. The maximum atomic E-state index is 13.3. The standard InChI is InChI=1S/C25H24N2OS/c28-25(26-21-12-6-10-19-9-4-5-11-20(19)21)23-17-24-22(14-16-29-24)27(23)15-13-18-7-2-1-3-8-18/h1-5,7-9,11,14,16-17,21H,6,10,12-13,15H2,(H,26,28). The van der Waals surface area contributed by atoms with Gasteiger partial charge >= 0.3 is 0 Å². The van der Waals surface area contributed by atoms with Crippen molar-refractivity contribution in [2.45, 2.75) is 38.3 Å². The van der Waals surface area contributed by atoms with Gasteiger partial charge in [-0.15, -0.1) is 11.3 Å². The number of carbonyl (C=O) groups excluding carboxylic acids is 1. The topological polar surface area (TPSA) is 34.0 Å². The minimum atomic E-state index is 0.0307. The first kappa shape index (κ1) is 18.2. The summed E-state index contributed by atoms with van der Waals surface area (Å²) in [6.45, 7) is 0.800. The summed E-state index contributed by atoms with van der Waals surface area (Å²) in [6, 6.07) is 23.2. The molecule has 1 aliphatic rings. The highest BCUT2D eigenvalue weighted by Crippen LogP contribution is 2.31. The maximum Gasteiger partial charge on any atom is 0.268 e. The van der Waals surface area contributed by atoms with E-state index in [1.807, 2.05) is 6.07 Å². The molecule has 2 heterocycles. The Labute approximate surface area is 175 Å². The Morgan fingerprint density at radius 2 is 1.90 bits per heavy atom. The molecule has 0 fully saturated rings. The number of rotatable bonds is 5. The monoisotopic (exact) mass is 400 g/mol. The van der Waals surface area contributed by atoms with E-state index in [1.54, 1.807) is 11.3 Å². The van der Waals surface area contributed by atoms with Crippen LogP contribution in [0, 0.1) is 0 Å². The third-order valence-corrected chi connectivity index (χ3v) is 6.75. The summed E-state index contributed by atoms with van der Waals surface area (Å²) in [4.78, 5) is 13.3. The molecule has 0 saturated heterocycles. The predicted octanol–water partition coefficient (Wildman–Crippen LogP) is 5.75. The van der Waals surface area contributed by atoms with Crippen molar-refractivity contribution in [1.82, 2.24) is 9.88 Å². The van der Waals surface area contributed by atoms with Crippen molar-refractivity contribution in [1.29, 1.82) is 0 Å². The number of thiophene rings is 1. The first-order valence-electron chi connectivity index (χ1n) is 10.3. The molecule has 5 rings (SSSR count). The van der Waals surface area contributed by atoms with E-state index in [0.717, 1.165) is 43.4 Å². The fourth-order valence-corrected chi connectivity index (χ4v) is 5.25. The van der Waals surface area contributed by atoms with Gasteiger partial charge < -0.3 is 9.88 Å². The lowest BCUT2D eigenvalue weighted by Crippen LogP contribution is -2.32. The van der Waals surface area contributed by atoms with Crippen LogP contribution in [-0.2, 0) is 19.4 Å². The molecule has 0 radical (unpaired) electrons. The molecule has 2 aromatic carbocycles. The number of fused-ring (bicyclic) bond motifs is 2. The van der Waals surface area contributed by atoms with Crippen LogP contribution >= 0.6 is 11.3 Å². The van der Waals surface area contributed by atoms with E-state index in [2.05, 4.69) is 75.9 Å². The van der Waals surface area contributed by atoms with Crippen LogP contribution in [0.5, 0.6) is 0 Å². The van der Waals surface area contributed by atoms with Crippen LogP contribution in [-0.4, -0.2) is 10.5 Å². The van der Waals surface area contributed by atoms with Gasteiger partial charge in [0.1, 0.15) is 5.69 Å². The van der Waals surface area contributed by atoms with Crippen molar-refractivity contribution in [2.24, 2.45) is 0 Å². The Bertz CT molecular complexity index is 1140. The maximum absolute atomic E-state index is 13.3. The van der Waals surface area contributed by atoms with Crippen LogP contribution in [0.15, 0.2) is 72.1 Å². The Balaban J connectivity index is 1.41. The fraction of sp³-hybridized carbons (Fsp3) is 0.240. The quantitative estimate of drug-likeness (QED) is 0.454. The first-order chi connectivity index (χ1) is 14.3. The molecule has 4 aromatic rings. The molecule has 1 atom stereocenters. The van der Waals surface area contributed by atoms with Gasteiger partial charge in [-0.3, -0.25) is 4.79 Å². The zero-order valence-corrected chi connectivity index (χ0v) is 17.1. The summed E-state index contributed by atoms with van der Waals surface area (Å²) >= 11 is 1.70. The van der Waals surface area contributed by atoms with E-state index in [1.165, 1.54) is 21.4 Å². The fourth-order valence-electron chi connectivity index (χ4n) is 4.43. The number of aryl methyl sites for hydroxylation is 3. The van der Waals surface area contributed by atoms with E-state index in [9.17, 15) is 4.79 Å². The van der Waals surface area contributed by atoms with Gasteiger partial charge in [0.05, 0.1) is 16.3 Å². The lowest BCUT2D eigenvalue weighted by molar-refractivity contribution is 0.0923. The van der Waals surface area contributed by atoms with Crippen LogP contribution in [0.2, 0.25) is 0 Å². The van der Waals surface area contributed by atoms with E-state index in [-0.39, 0.29) is 11.9 Å². The molecule has 3 nitrogen and oxygen atoms in total. The van der Waals surface area contributed by atoms with Gasteiger partial charge in [0.15, 0.2) is 0 Å². The number of hydrogen-bond donors (Lipinski definition) is 1. The molecule has 1 aliphatic carbocycles. The van der Waals surface area contributed by atoms with E-state index in [0.29, 0.717) is 0 Å². The zero-order valence-electron chi connectivity index (χ0n) is 16.3. The second-order valence-electron chi connectivity index (χ2n) is 7.70. The summed E-state index contributed by atoms with van der Waals surface area (Å²) in [6.07, 6.45) is 4.13. The summed E-state index contributed by atoms with van der Waals surface area (Å²) in [5.41, 5.74) is 5.85. The Morgan fingerprint density at radius 1 is 1.07 bits per heavy atom. The van der Waals surface area contributed by atoms with E-state index >= 15 is 0 Å². The molecule has 1 N–H and O–H groups in total. The molecule has 1 amide bonds. The SMILES string of the molecule is O=C(NC1CCCc2ccccc21)c1cc2sccc2n1CCc1ccccc1. The minimum Gasteiger partial charge on any atom is -0.344 e. The highest BCUT2D eigenvalue weighted by atomic mass is 32.1. The molecular weight excluding hydrogens is 376 g/mol. The average Bonchev–Trinajstić information content (AvgIpc) is 3.35. The van der Waals surface area contributed by atoms with Crippen molar-refractivity contribution >= 4 is 27.5 Å². The van der Waals surface area contributed by atoms with Gasteiger partial charge in [0, 0.05) is 6.54 Å². The molecule has 146 valence electrons. The molecule has 0 aliphatic heterocycles. The summed E-state index contributed by atoms with van der Waals surface area (Å²) in [5, 5.41) is 5.43. The van der Waals surface area contributed by atoms with Crippen LogP contribution < -0.4 is 5.32 Å². The highest BCUT2D eigenvalue weighted by Gasteiger charge is 2.24. The third-order valence-electron chi connectivity index (χ3n) is 5.90. The van der Waals surface area contributed by atoms with Gasteiger partial charge in [-0.1, -0.05) is 54.6 Å². The summed E-state index contributed by atoms with van der Waals surface area (Å²) in [5.74, 6) is 0.0307. The Morgan fingerprint density at radius 3 is 2.79 bits per heavy atom. The van der Waals surface area contributed by atoms with Gasteiger partial charge in [0.2, 0.25) is 0 Å². The van der Waals surface area contributed by atoms with E-state index in [4.69, 9.17) is 0 Å². The smallest absolute Gasteiger partial charge is 0.268 e. The number of nitrogens with one attached hydrogen (secondary N) is 1. The minimum absolute atomic E-state index is 0.0307. The first-order valence-corrected chi connectivity index (χ1v) is 11.2. The lowest BCUT2D eigenvalue weighted by atomic mass is 9.87. The van der Waals surface area contributed by atoms with Gasteiger partial charge in [-0.25, -0.2) is 0 Å². The van der Waals surface area contributed by atoms with Crippen molar-refractivity contribution in [2.75, 3.05) is 0 Å². The van der Waals surface area contributed by atoms with Crippen molar-refractivity contribution in [3.05, 3.63) is 94.5 Å².